The monoisotopic (exact) mass is 428 g/mol. The second-order valence-corrected chi connectivity index (χ2v) is 6.69. The Labute approximate surface area is 173 Å². The van der Waals surface area contributed by atoms with Crippen LogP contribution < -0.4 is 10.9 Å². The molecule has 2 heterocycles. The Balaban J connectivity index is 1.69. The number of aliphatic hydroxyl groups is 1. The number of hydrogen-bond donors (Lipinski definition) is 2. The first-order valence-electron chi connectivity index (χ1n) is 9.09. The van der Waals surface area contributed by atoms with Crippen molar-refractivity contribution in [2.75, 3.05) is 5.32 Å². The van der Waals surface area contributed by atoms with Crippen LogP contribution >= 0.6 is 0 Å². The van der Waals surface area contributed by atoms with Crippen LogP contribution in [0.1, 0.15) is 5.56 Å². The molecule has 0 spiro atoms. The van der Waals surface area contributed by atoms with Crippen LogP contribution in [0.4, 0.5) is 18.9 Å². The molecule has 0 saturated carbocycles. The molecule has 0 bridgehead atoms. The summed E-state index contributed by atoms with van der Waals surface area (Å²) in [6, 6.07) is 8.02. The summed E-state index contributed by atoms with van der Waals surface area (Å²) < 4.78 is 42.5. The van der Waals surface area contributed by atoms with Crippen molar-refractivity contribution in [3.63, 3.8) is 0 Å². The lowest BCUT2D eigenvalue weighted by Gasteiger charge is -2.09. The molecule has 10 heteroatoms. The number of anilines is 1. The number of fused-ring (bicyclic) bond motifs is 1. The predicted molar refractivity (Wildman–Crippen MR) is 106 cm³/mol. The van der Waals surface area contributed by atoms with Crippen molar-refractivity contribution in [2.24, 2.45) is 0 Å². The van der Waals surface area contributed by atoms with E-state index in [4.69, 9.17) is 0 Å². The fourth-order valence-electron chi connectivity index (χ4n) is 3.20. The smallest absolute Gasteiger partial charge is 0.277 e. The summed E-state index contributed by atoms with van der Waals surface area (Å²) in [6.07, 6.45) is 2.72. The van der Waals surface area contributed by atoms with Crippen LogP contribution in [0.15, 0.2) is 59.7 Å². The van der Waals surface area contributed by atoms with E-state index in [-0.39, 0.29) is 16.8 Å². The molecule has 0 aliphatic heterocycles. The van der Waals surface area contributed by atoms with E-state index in [1.165, 1.54) is 41.2 Å². The van der Waals surface area contributed by atoms with E-state index in [1.807, 2.05) is 0 Å². The number of carbonyl (C=O) groups is 1. The molecule has 2 N–H and O–H groups in total. The lowest BCUT2D eigenvalue weighted by atomic mass is 10.1. The summed E-state index contributed by atoms with van der Waals surface area (Å²) in [4.78, 5) is 25.2. The van der Waals surface area contributed by atoms with Crippen molar-refractivity contribution < 1.29 is 23.1 Å². The van der Waals surface area contributed by atoms with Crippen LogP contribution in [-0.2, 0) is 17.9 Å². The van der Waals surface area contributed by atoms with Gasteiger partial charge in [0.1, 0.15) is 29.5 Å². The number of hydrogen-bond acceptors (Lipinski definition) is 4. The quantitative estimate of drug-likeness (QED) is 0.512. The average Bonchev–Trinajstić information content (AvgIpc) is 3.12. The van der Waals surface area contributed by atoms with Crippen LogP contribution in [-0.4, -0.2) is 25.2 Å². The summed E-state index contributed by atoms with van der Waals surface area (Å²) >= 11 is 0. The molecule has 4 aromatic rings. The molecular weight excluding hydrogens is 413 g/mol. The Hall–Kier alpha value is -3.92. The summed E-state index contributed by atoms with van der Waals surface area (Å²) in [5, 5.41) is 16.3. The Morgan fingerprint density at radius 2 is 1.74 bits per heavy atom. The zero-order valence-corrected chi connectivity index (χ0v) is 15.8. The van der Waals surface area contributed by atoms with Gasteiger partial charge in [0.05, 0.1) is 18.0 Å². The number of aliphatic hydroxyl groups excluding tert-OH is 1. The number of halogens is 3. The lowest BCUT2D eigenvalue weighted by Crippen LogP contribution is -2.28. The van der Waals surface area contributed by atoms with Crippen LogP contribution in [0.2, 0.25) is 0 Å². The molecule has 2 aromatic carbocycles. The molecule has 0 aliphatic carbocycles. The molecule has 4 rings (SSSR count). The fourth-order valence-corrected chi connectivity index (χ4v) is 3.20. The highest BCUT2D eigenvalue weighted by atomic mass is 19.1. The van der Waals surface area contributed by atoms with Crippen molar-refractivity contribution in [3.8, 4) is 11.3 Å². The Morgan fingerprint density at radius 3 is 2.45 bits per heavy atom. The summed E-state index contributed by atoms with van der Waals surface area (Å²) in [7, 11) is 0. The van der Waals surface area contributed by atoms with Gasteiger partial charge in [-0.2, -0.15) is 5.10 Å². The van der Waals surface area contributed by atoms with Crippen molar-refractivity contribution >= 4 is 17.1 Å². The largest absolute Gasteiger partial charge is 0.392 e. The van der Waals surface area contributed by atoms with Crippen LogP contribution in [0.5, 0.6) is 0 Å². The summed E-state index contributed by atoms with van der Waals surface area (Å²) in [5.74, 6) is -2.74. The maximum absolute atomic E-state index is 13.7. The molecule has 0 saturated heterocycles. The van der Waals surface area contributed by atoms with E-state index < -0.39 is 42.1 Å². The molecule has 0 fully saturated rings. The van der Waals surface area contributed by atoms with Gasteiger partial charge in [0.25, 0.3) is 5.56 Å². The van der Waals surface area contributed by atoms with Crippen molar-refractivity contribution in [1.82, 2.24) is 14.2 Å². The molecule has 7 nitrogen and oxygen atoms in total. The Bertz CT molecular complexity index is 1350. The maximum atomic E-state index is 13.7. The first kappa shape index (κ1) is 20.4. The van der Waals surface area contributed by atoms with Gasteiger partial charge in [-0.05, 0) is 36.4 Å². The van der Waals surface area contributed by atoms with Gasteiger partial charge < -0.3 is 15.0 Å². The second kappa shape index (κ2) is 8.07. The normalized spacial score (nSPS) is 11.1. The van der Waals surface area contributed by atoms with Gasteiger partial charge in [-0.1, -0.05) is 0 Å². The molecule has 158 valence electrons. The molecule has 2 aromatic heterocycles. The summed E-state index contributed by atoms with van der Waals surface area (Å²) in [6.45, 7) is -0.997. The number of carbonyl (C=O) groups excluding carboxylic acids is 1. The minimum atomic E-state index is -0.820. The first-order valence-corrected chi connectivity index (χ1v) is 9.09. The minimum absolute atomic E-state index is 0.0362. The third-order valence-electron chi connectivity index (χ3n) is 4.65. The lowest BCUT2D eigenvalue weighted by molar-refractivity contribution is -0.116. The SMILES string of the molecule is O=C(Cn1ccn2nc(-c3ccc(F)cc3)c(CO)c2c1=O)Nc1cc(F)ccc1F. The van der Waals surface area contributed by atoms with Gasteiger partial charge in [0.2, 0.25) is 5.91 Å². The number of nitrogens with one attached hydrogen (secondary N) is 1. The highest BCUT2D eigenvalue weighted by Crippen LogP contribution is 2.25. The fraction of sp³-hybridized carbons (Fsp3) is 0.0952. The van der Waals surface area contributed by atoms with Gasteiger partial charge in [-0.25, -0.2) is 17.7 Å². The van der Waals surface area contributed by atoms with E-state index in [0.29, 0.717) is 11.3 Å². The zero-order valence-electron chi connectivity index (χ0n) is 15.8. The maximum Gasteiger partial charge on any atom is 0.277 e. The number of benzene rings is 2. The number of nitrogens with zero attached hydrogens (tertiary/aromatic N) is 3. The van der Waals surface area contributed by atoms with Gasteiger partial charge >= 0.3 is 0 Å². The predicted octanol–water partition coefficient (Wildman–Crippen LogP) is 2.71. The van der Waals surface area contributed by atoms with Crippen molar-refractivity contribution in [1.29, 1.82) is 0 Å². The Kier molecular flexibility index (Phi) is 5.30. The van der Waals surface area contributed by atoms with Crippen LogP contribution in [0.25, 0.3) is 16.8 Å². The standard InChI is InChI=1S/C21H15F3N4O3/c22-13-3-1-12(2-4-13)19-15(11-29)20-21(31)27(7-8-28(20)26-19)10-18(30)25-17-9-14(23)5-6-16(17)24/h1-9,29H,10-11H2,(H,25,30). The van der Waals surface area contributed by atoms with E-state index in [0.717, 1.165) is 22.8 Å². The van der Waals surface area contributed by atoms with Gasteiger partial charge in [0, 0.05) is 29.6 Å². The Morgan fingerprint density at radius 1 is 1.03 bits per heavy atom. The zero-order chi connectivity index (χ0) is 22.1. The van der Waals surface area contributed by atoms with E-state index in [9.17, 15) is 27.9 Å². The highest BCUT2D eigenvalue weighted by molar-refractivity contribution is 5.90. The molecule has 31 heavy (non-hydrogen) atoms. The van der Waals surface area contributed by atoms with Gasteiger partial charge in [0.15, 0.2) is 0 Å². The topological polar surface area (TPSA) is 88.6 Å². The molecule has 1 amide bonds. The highest BCUT2D eigenvalue weighted by Gasteiger charge is 2.19. The minimum Gasteiger partial charge on any atom is -0.392 e. The third kappa shape index (κ3) is 3.92. The molecule has 0 unspecified atom stereocenters. The van der Waals surface area contributed by atoms with E-state index >= 15 is 0 Å². The second-order valence-electron chi connectivity index (χ2n) is 6.69. The number of aromatic nitrogens is 3. The average molecular weight is 428 g/mol. The molecule has 0 aliphatic rings. The van der Waals surface area contributed by atoms with Crippen molar-refractivity contribution in [2.45, 2.75) is 13.2 Å². The number of rotatable bonds is 5. The first-order chi connectivity index (χ1) is 14.9. The molecular formula is C21H15F3N4O3. The number of amides is 1. The van der Waals surface area contributed by atoms with E-state index in [2.05, 4.69) is 10.4 Å². The molecule has 0 atom stereocenters. The summed E-state index contributed by atoms with van der Waals surface area (Å²) in [5.41, 5.74) is 0.0695. The van der Waals surface area contributed by atoms with Crippen molar-refractivity contribution in [3.05, 3.63) is 88.2 Å². The third-order valence-corrected chi connectivity index (χ3v) is 4.65. The van der Waals surface area contributed by atoms with E-state index in [1.54, 1.807) is 0 Å². The van der Waals surface area contributed by atoms with Crippen LogP contribution in [0.3, 0.4) is 0 Å². The van der Waals surface area contributed by atoms with Gasteiger partial charge in [-0.3, -0.25) is 9.59 Å². The molecule has 0 radical (unpaired) electrons. The van der Waals surface area contributed by atoms with Crippen LogP contribution in [0, 0.1) is 17.5 Å². The van der Waals surface area contributed by atoms with Gasteiger partial charge in [-0.15, -0.1) is 0 Å².